The zero-order valence-corrected chi connectivity index (χ0v) is 13.7. The Balaban J connectivity index is 1.96. The standard InChI is InChI=1S/C16H26N3P/c1-2-16(10-8-13(20)9-11-16)15-18-17-14-7-5-3-4-6-12-19(14)15/h8H,2-7,9-12,20H2,1H3. The van der Waals surface area contributed by atoms with Gasteiger partial charge in [0.25, 0.3) is 0 Å². The van der Waals surface area contributed by atoms with Gasteiger partial charge in [0, 0.05) is 18.4 Å². The lowest BCUT2D eigenvalue weighted by Crippen LogP contribution is -2.31. The molecule has 0 radical (unpaired) electrons. The predicted octanol–water partition coefficient (Wildman–Crippen LogP) is 3.99. The van der Waals surface area contributed by atoms with E-state index < -0.39 is 0 Å². The van der Waals surface area contributed by atoms with Gasteiger partial charge < -0.3 is 4.57 Å². The zero-order valence-electron chi connectivity index (χ0n) is 12.6. The highest BCUT2D eigenvalue weighted by atomic mass is 31.0. The summed E-state index contributed by atoms with van der Waals surface area (Å²) in [5.41, 5.74) is 0.227. The van der Waals surface area contributed by atoms with Crippen molar-refractivity contribution in [2.75, 3.05) is 0 Å². The Bertz CT molecular complexity index is 506. The van der Waals surface area contributed by atoms with Crippen LogP contribution in [0.1, 0.15) is 69.9 Å². The van der Waals surface area contributed by atoms with Crippen molar-refractivity contribution in [3.63, 3.8) is 0 Å². The largest absolute Gasteiger partial charge is 0.315 e. The quantitative estimate of drug-likeness (QED) is 0.771. The molecule has 4 heteroatoms. The molecule has 20 heavy (non-hydrogen) atoms. The fourth-order valence-electron chi connectivity index (χ4n) is 3.65. The zero-order chi connectivity index (χ0) is 14.0. The van der Waals surface area contributed by atoms with Gasteiger partial charge >= 0.3 is 0 Å². The smallest absolute Gasteiger partial charge is 0.139 e. The van der Waals surface area contributed by atoms with E-state index in [-0.39, 0.29) is 5.41 Å². The maximum absolute atomic E-state index is 4.65. The monoisotopic (exact) mass is 291 g/mol. The molecule has 2 atom stereocenters. The Morgan fingerprint density at radius 3 is 2.80 bits per heavy atom. The highest BCUT2D eigenvalue weighted by Crippen LogP contribution is 2.42. The van der Waals surface area contributed by atoms with Crippen molar-refractivity contribution in [2.24, 2.45) is 0 Å². The lowest BCUT2D eigenvalue weighted by atomic mass is 9.74. The number of rotatable bonds is 2. The van der Waals surface area contributed by atoms with E-state index in [4.69, 9.17) is 0 Å². The average Bonchev–Trinajstić information content (AvgIpc) is 2.83. The lowest BCUT2D eigenvalue weighted by molar-refractivity contribution is 0.329. The first-order valence-electron chi connectivity index (χ1n) is 8.12. The van der Waals surface area contributed by atoms with Crippen LogP contribution in [-0.4, -0.2) is 14.8 Å². The molecule has 1 aromatic rings. The second-order valence-corrected chi connectivity index (χ2v) is 7.11. The summed E-state index contributed by atoms with van der Waals surface area (Å²) < 4.78 is 2.46. The van der Waals surface area contributed by atoms with Gasteiger partial charge in [-0.15, -0.1) is 19.4 Å². The van der Waals surface area contributed by atoms with Crippen molar-refractivity contribution >= 4 is 9.24 Å². The summed E-state index contributed by atoms with van der Waals surface area (Å²) in [5, 5.41) is 10.6. The van der Waals surface area contributed by atoms with Gasteiger partial charge in [-0.05, 0) is 38.5 Å². The van der Waals surface area contributed by atoms with E-state index in [1.807, 2.05) is 0 Å². The van der Waals surface area contributed by atoms with Crippen LogP contribution in [0.5, 0.6) is 0 Å². The summed E-state index contributed by atoms with van der Waals surface area (Å²) in [4.78, 5) is 0. The summed E-state index contributed by atoms with van der Waals surface area (Å²) in [7, 11) is 2.88. The van der Waals surface area contributed by atoms with Gasteiger partial charge in [-0.25, -0.2) is 0 Å². The molecule has 110 valence electrons. The Morgan fingerprint density at radius 2 is 2.05 bits per heavy atom. The number of aromatic nitrogens is 3. The molecule has 1 aliphatic carbocycles. The Labute approximate surface area is 124 Å². The summed E-state index contributed by atoms with van der Waals surface area (Å²) in [6, 6.07) is 0. The van der Waals surface area contributed by atoms with Gasteiger partial charge in [0.1, 0.15) is 11.6 Å². The van der Waals surface area contributed by atoms with Crippen molar-refractivity contribution in [1.29, 1.82) is 0 Å². The van der Waals surface area contributed by atoms with Crippen LogP contribution in [0.2, 0.25) is 0 Å². The van der Waals surface area contributed by atoms with Gasteiger partial charge in [-0.3, -0.25) is 0 Å². The minimum Gasteiger partial charge on any atom is -0.315 e. The van der Waals surface area contributed by atoms with Crippen LogP contribution in [0.15, 0.2) is 11.4 Å². The molecule has 2 aliphatic rings. The minimum atomic E-state index is 0.227. The normalized spacial score (nSPS) is 27.4. The SMILES string of the molecule is CCC1(c2nnc3n2CCCCCC3)CC=C(P)CC1. The molecule has 0 fully saturated rings. The van der Waals surface area contributed by atoms with Gasteiger partial charge in [0.2, 0.25) is 0 Å². The van der Waals surface area contributed by atoms with E-state index in [0.717, 1.165) is 19.4 Å². The summed E-state index contributed by atoms with van der Waals surface area (Å²) >= 11 is 0. The first-order valence-corrected chi connectivity index (χ1v) is 8.70. The number of hydrogen-bond donors (Lipinski definition) is 0. The topological polar surface area (TPSA) is 30.7 Å². The van der Waals surface area contributed by atoms with Crippen molar-refractivity contribution < 1.29 is 0 Å². The number of aryl methyl sites for hydroxylation is 1. The Hall–Kier alpha value is -0.690. The van der Waals surface area contributed by atoms with E-state index in [9.17, 15) is 0 Å². The minimum absolute atomic E-state index is 0.227. The lowest BCUT2D eigenvalue weighted by Gasteiger charge is -2.35. The maximum Gasteiger partial charge on any atom is 0.139 e. The average molecular weight is 291 g/mol. The Kier molecular flexibility index (Phi) is 4.26. The third-order valence-corrected chi connectivity index (χ3v) is 5.68. The molecule has 2 unspecified atom stereocenters. The highest BCUT2D eigenvalue weighted by Gasteiger charge is 2.37. The number of hydrogen-bond acceptors (Lipinski definition) is 2. The van der Waals surface area contributed by atoms with Crippen LogP contribution < -0.4 is 0 Å². The molecule has 3 nitrogen and oxygen atoms in total. The van der Waals surface area contributed by atoms with Crippen molar-refractivity contribution in [3.05, 3.63) is 23.0 Å². The molecule has 1 aromatic heterocycles. The van der Waals surface area contributed by atoms with Crippen LogP contribution in [-0.2, 0) is 18.4 Å². The molecule has 0 bridgehead atoms. The van der Waals surface area contributed by atoms with E-state index in [2.05, 4.69) is 37.0 Å². The van der Waals surface area contributed by atoms with E-state index in [1.54, 1.807) is 0 Å². The maximum atomic E-state index is 4.65. The second-order valence-electron chi connectivity index (χ2n) is 6.37. The van der Waals surface area contributed by atoms with E-state index in [0.29, 0.717) is 0 Å². The Morgan fingerprint density at radius 1 is 1.20 bits per heavy atom. The second kappa shape index (κ2) is 5.97. The molecule has 0 N–H and O–H groups in total. The molecular formula is C16H26N3P. The van der Waals surface area contributed by atoms with Crippen LogP contribution >= 0.6 is 9.24 Å². The molecule has 0 saturated heterocycles. The third-order valence-electron chi connectivity index (χ3n) is 5.16. The van der Waals surface area contributed by atoms with Gasteiger partial charge in [0.05, 0.1) is 0 Å². The van der Waals surface area contributed by atoms with E-state index >= 15 is 0 Å². The molecule has 0 saturated carbocycles. The van der Waals surface area contributed by atoms with Gasteiger partial charge in [-0.1, -0.05) is 31.2 Å². The molecule has 3 rings (SSSR count). The van der Waals surface area contributed by atoms with Crippen LogP contribution in [0, 0.1) is 0 Å². The van der Waals surface area contributed by atoms with Gasteiger partial charge in [0.15, 0.2) is 0 Å². The first-order chi connectivity index (χ1) is 9.75. The van der Waals surface area contributed by atoms with Crippen molar-refractivity contribution in [1.82, 2.24) is 14.8 Å². The summed E-state index contributed by atoms with van der Waals surface area (Å²) in [6.07, 6.45) is 13.4. The number of nitrogens with zero attached hydrogens (tertiary/aromatic N) is 3. The fraction of sp³-hybridized carbons (Fsp3) is 0.750. The molecule has 0 spiro atoms. The van der Waals surface area contributed by atoms with Crippen LogP contribution in [0.25, 0.3) is 0 Å². The first kappa shape index (κ1) is 14.3. The highest BCUT2D eigenvalue weighted by molar-refractivity contribution is 7.22. The molecule has 2 heterocycles. The van der Waals surface area contributed by atoms with Crippen LogP contribution in [0.3, 0.4) is 0 Å². The molecule has 0 aromatic carbocycles. The number of fused-ring (bicyclic) bond motifs is 1. The predicted molar refractivity (Wildman–Crippen MR) is 85.8 cm³/mol. The summed E-state index contributed by atoms with van der Waals surface area (Å²) in [6.45, 7) is 3.43. The van der Waals surface area contributed by atoms with Crippen molar-refractivity contribution in [3.8, 4) is 0 Å². The molecular weight excluding hydrogens is 265 g/mol. The number of allylic oxidation sites excluding steroid dienone is 2. The fourth-order valence-corrected chi connectivity index (χ4v) is 3.91. The van der Waals surface area contributed by atoms with Gasteiger partial charge in [-0.2, -0.15) is 0 Å². The van der Waals surface area contributed by atoms with Crippen LogP contribution in [0.4, 0.5) is 0 Å². The third kappa shape index (κ3) is 2.57. The van der Waals surface area contributed by atoms with Crippen molar-refractivity contribution in [2.45, 2.75) is 76.7 Å². The molecule has 1 aliphatic heterocycles. The molecule has 0 amide bonds. The van der Waals surface area contributed by atoms with E-state index in [1.165, 1.54) is 61.9 Å². The summed E-state index contributed by atoms with van der Waals surface area (Å²) in [5.74, 6) is 2.50.